The monoisotopic (exact) mass is 372 g/mol. The van der Waals surface area contributed by atoms with Gasteiger partial charge >= 0.3 is 0 Å². The Balaban J connectivity index is 2.46. The van der Waals surface area contributed by atoms with Gasteiger partial charge in [-0.2, -0.15) is 0 Å². The summed E-state index contributed by atoms with van der Waals surface area (Å²) < 4.78 is 0. The van der Waals surface area contributed by atoms with E-state index in [9.17, 15) is 9.59 Å². The van der Waals surface area contributed by atoms with Crippen LogP contribution < -0.4 is 10.6 Å². The standard InChI is InChI=1S/C18H26Cl2N2O2/c1-4-5-6-10-21-16(23)18(2,3)17(24)22-11-9-13-7-8-14(19)12-15(13)20/h7-8,12H,4-6,9-11H2,1-3H3,(H,21,23)(H,22,24). The Morgan fingerprint density at radius 1 is 1.04 bits per heavy atom. The molecule has 134 valence electrons. The summed E-state index contributed by atoms with van der Waals surface area (Å²) >= 11 is 12.0. The van der Waals surface area contributed by atoms with Gasteiger partial charge < -0.3 is 10.6 Å². The molecule has 0 fully saturated rings. The second-order valence-electron chi connectivity index (χ2n) is 6.33. The highest BCUT2D eigenvalue weighted by Gasteiger charge is 2.35. The Bertz CT molecular complexity index is 574. The smallest absolute Gasteiger partial charge is 0.235 e. The molecule has 2 N–H and O–H groups in total. The highest BCUT2D eigenvalue weighted by Crippen LogP contribution is 2.21. The Hall–Kier alpha value is -1.26. The van der Waals surface area contributed by atoms with Gasteiger partial charge in [0.2, 0.25) is 11.8 Å². The second-order valence-corrected chi connectivity index (χ2v) is 7.17. The van der Waals surface area contributed by atoms with E-state index in [1.165, 1.54) is 0 Å². The summed E-state index contributed by atoms with van der Waals surface area (Å²) in [5.74, 6) is -0.541. The molecule has 0 atom stereocenters. The number of rotatable bonds is 9. The third-order valence-electron chi connectivity index (χ3n) is 3.90. The molecule has 0 saturated carbocycles. The highest BCUT2D eigenvalue weighted by molar-refractivity contribution is 6.35. The third-order valence-corrected chi connectivity index (χ3v) is 4.48. The van der Waals surface area contributed by atoms with E-state index in [2.05, 4.69) is 17.6 Å². The number of unbranched alkanes of at least 4 members (excludes halogenated alkanes) is 2. The van der Waals surface area contributed by atoms with Gasteiger partial charge in [0.05, 0.1) is 0 Å². The molecular formula is C18H26Cl2N2O2. The summed E-state index contributed by atoms with van der Waals surface area (Å²) in [5.41, 5.74) is -0.195. The van der Waals surface area contributed by atoms with E-state index in [4.69, 9.17) is 23.2 Å². The minimum atomic E-state index is -1.10. The fourth-order valence-electron chi connectivity index (χ4n) is 2.16. The lowest BCUT2D eigenvalue weighted by Crippen LogP contribution is -2.48. The number of nitrogens with one attached hydrogen (secondary N) is 2. The summed E-state index contributed by atoms with van der Waals surface area (Å²) in [6.07, 6.45) is 3.66. The molecule has 0 aromatic heterocycles. The van der Waals surface area contributed by atoms with E-state index in [-0.39, 0.29) is 11.8 Å². The summed E-state index contributed by atoms with van der Waals surface area (Å²) in [5, 5.41) is 6.78. The van der Waals surface area contributed by atoms with Crippen LogP contribution in [0.15, 0.2) is 18.2 Å². The van der Waals surface area contributed by atoms with Crippen molar-refractivity contribution < 1.29 is 9.59 Å². The molecule has 0 saturated heterocycles. The van der Waals surface area contributed by atoms with Gasteiger partial charge in [-0.15, -0.1) is 0 Å². The van der Waals surface area contributed by atoms with Gasteiger partial charge in [-0.1, -0.05) is 49.0 Å². The maximum absolute atomic E-state index is 12.3. The summed E-state index contributed by atoms with van der Waals surface area (Å²) in [4.78, 5) is 24.5. The van der Waals surface area contributed by atoms with Gasteiger partial charge in [-0.3, -0.25) is 9.59 Å². The van der Waals surface area contributed by atoms with Gasteiger partial charge in [-0.25, -0.2) is 0 Å². The fourth-order valence-corrected chi connectivity index (χ4v) is 2.66. The predicted molar refractivity (Wildman–Crippen MR) is 99.5 cm³/mol. The van der Waals surface area contributed by atoms with Crippen molar-refractivity contribution in [3.8, 4) is 0 Å². The molecule has 0 aliphatic carbocycles. The highest BCUT2D eigenvalue weighted by atomic mass is 35.5. The first kappa shape index (κ1) is 20.8. The molecule has 0 radical (unpaired) electrons. The van der Waals surface area contributed by atoms with Crippen molar-refractivity contribution in [2.45, 2.75) is 46.5 Å². The Labute approximate surface area is 154 Å². The zero-order valence-corrected chi connectivity index (χ0v) is 16.1. The van der Waals surface area contributed by atoms with Crippen LogP contribution in [0.25, 0.3) is 0 Å². The van der Waals surface area contributed by atoms with Crippen LogP contribution in [0.4, 0.5) is 0 Å². The van der Waals surface area contributed by atoms with E-state index >= 15 is 0 Å². The van der Waals surface area contributed by atoms with Crippen molar-refractivity contribution in [2.24, 2.45) is 5.41 Å². The zero-order valence-electron chi connectivity index (χ0n) is 14.5. The molecule has 4 nitrogen and oxygen atoms in total. The fraction of sp³-hybridized carbons (Fsp3) is 0.556. The SMILES string of the molecule is CCCCCNC(=O)C(C)(C)C(=O)NCCc1ccc(Cl)cc1Cl. The van der Waals surface area contributed by atoms with Crippen molar-refractivity contribution in [2.75, 3.05) is 13.1 Å². The lowest BCUT2D eigenvalue weighted by atomic mass is 9.91. The maximum Gasteiger partial charge on any atom is 0.235 e. The first-order valence-corrected chi connectivity index (χ1v) is 9.05. The van der Waals surface area contributed by atoms with Crippen LogP contribution in [0.1, 0.15) is 45.6 Å². The van der Waals surface area contributed by atoms with E-state index in [1.807, 2.05) is 6.07 Å². The second kappa shape index (κ2) is 9.90. The number of halogens is 2. The van der Waals surface area contributed by atoms with E-state index in [0.717, 1.165) is 24.8 Å². The molecule has 24 heavy (non-hydrogen) atoms. The Morgan fingerprint density at radius 3 is 2.25 bits per heavy atom. The molecule has 0 heterocycles. The van der Waals surface area contributed by atoms with Gasteiger partial charge in [0.25, 0.3) is 0 Å². The van der Waals surface area contributed by atoms with Gasteiger partial charge in [0.15, 0.2) is 0 Å². The number of benzene rings is 1. The molecule has 0 spiro atoms. The molecule has 0 aliphatic rings. The number of hydrogen-bond acceptors (Lipinski definition) is 2. The molecule has 6 heteroatoms. The topological polar surface area (TPSA) is 58.2 Å². The molecule has 1 aromatic carbocycles. The van der Waals surface area contributed by atoms with Crippen LogP contribution in [0.2, 0.25) is 10.0 Å². The maximum atomic E-state index is 12.3. The van der Waals surface area contributed by atoms with Crippen molar-refractivity contribution in [1.29, 1.82) is 0 Å². The normalized spacial score (nSPS) is 11.2. The molecular weight excluding hydrogens is 347 g/mol. The largest absolute Gasteiger partial charge is 0.355 e. The summed E-state index contributed by atoms with van der Waals surface area (Å²) in [7, 11) is 0. The van der Waals surface area contributed by atoms with Gasteiger partial charge in [-0.05, 0) is 44.4 Å². The van der Waals surface area contributed by atoms with Crippen molar-refractivity contribution in [1.82, 2.24) is 10.6 Å². The van der Waals surface area contributed by atoms with Gasteiger partial charge in [0.1, 0.15) is 5.41 Å². The third kappa shape index (κ3) is 6.33. The lowest BCUT2D eigenvalue weighted by molar-refractivity contribution is -0.141. The average molecular weight is 373 g/mol. The minimum absolute atomic E-state index is 0.249. The molecule has 2 amide bonds. The van der Waals surface area contributed by atoms with E-state index in [1.54, 1.807) is 26.0 Å². The van der Waals surface area contributed by atoms with Crippen LogP contribution >= 0.6 is 23.2 Å². The van der Waals surface area contributed by atoms with E-state index < -0.39 is 5.41 Å². The van der Waals surface area contributed by atoms with Crippen molar-refractivity contribution in [3.05, 3.63) is 33.8 Å². The molecule has 1 aromatic rings. The van der Waals surface area contributed by atoms with Crippen molar-refractivity contribution in [3.63, 3.8) is 0 Å². The Morgan fingerprint density at radius 2 is 1.67 bits per heavy atom. The number of carbonyl (C=O) groups excluding carboxylic acids is 2. The molecule has 0 unspecified atom stereocenters. The first-order chi connectivity index (χ1) is 11.3. The van der Waals surface area contributed by atoms with Crippen LogP contribution in [0, 0.1) is 5.41 Å². The van der Waals surface area contributed by atoms with Gasteiger partial charge in [0, 0.05) is 23.1 Å². The Kier molecular flexibility index (Phi) is 8.57. The molecule has 0 aliphatic heterocycles. The van der Waals surface area contributed by atoms with Crippen molar-refractivity contribution >= 4 is 35.0 Å². The van der Waals surface area contributed by atoms with Crippen LogP contribution in [-0.4, -0.2) is 24.9 Å². The number of carbonyl (C=O) groups is 2. The molecule has 0 bridgehead atoms. The number of hydrogen-bond donors (Lipinski definition) is 2. The van der Waals surface area contributed by atoms with Crippen LogP contribution in [0.3, 0.4) is 0 Å². The summed E-state index contributed by atoms with van der Waals surface area (Å²) in [6, 6.07) is 5.27. The minimum Gasteiger partial charge on any atom is -0.355 e. The number of amides is 2. The lowest BCUT2D eigenvalue weighted by Gasteiger charge is -2.22. The average Bonchev–Trinajstić information content (AvgIpc) is 2.53. The van der Waals surface area contributed by atoms with Crippen LogP contribution in [-0.2, 0) is 16.0 Å². The summed E-state index contributed by atoms with van der Waals surface area (Å²) in [6.45, 7) is 6.38. The quantitative estimate of drug-likeness (QED) is 0.508. The first-order valence-electron chi connectivity index (χ1n) is 8.29. The van der Waals surface area contributed by atoms with E-state index in [0.29, 0.717) is 29.6 Å². The molecule has 1 rings (SSSR count). The van der Waals surface area contributed by atoms with Crippen LogP contribution in [0.5, 0.6) is 0 Å². The zero-order chi connectivity index (χ0) is 18.2. The predicted octanol–water partition coefficient (Wildman–Crippen LogP) is 3.98.